The molecule has 0 aromatic heterocycles. The number of nitro benzene ring substituents is 2. The zero-order chi connectivity index (χ0) is 44.5. The first-order valence-electron chi connectivity index (χ1n) is 19.7. The van der Waals surface area contributed by atoms with Gasteiger partial charge in [0, 0.05) is 25.2 Å². The third kappa shape index (κ3) is 10.4. The first kappa shape index (κ1) is 48.3. The Bertz CT molecular complexity index is 1910. The van der Waals surface area contributed by atoms with E-state index in [1.165, 1.54) is 35.1 Å². The van der Waals surface area contributed by atoms with Crippen LogP contribution in [0.2, 0.25) is 36.3 Å². The number of carbonyl (C=O) groups excluding carboxylic acids is 3. The lowest BCUT2D eigenvalue weighted by Gasteiger charge is -2.40. The molecule has 2 amide bonds. The number of likely N-dealkylation sites (tertiary alicyclic amines) is 2. The molecule has 1 N–H and O–H groups in total. The van der Waals surface area contributed by atoms with E-state index < -0.39 is 62.5 Å². The minimum atomic E-state index is -2.21. The standard InChI is InChI=1S/C21H32N2O6Si.C20H32N2O5Si/c1-13-11-15(16(23(26)27)12-14(13)2)19(24)22-10-9-17(18(22)20(25)28-6)29-30(7,8)21(3,4)5;1-13-10-15(16(22(25)26)11-14(13)2)19(24)21-9-8-18(17(21)12-23)27-28(6,7)20(3,4)5/h11-12,17-18H,9-10H2,1-8H3;10-11,17-18,23H,8-9,12H2,1-7H3/t17-,18-;17-,18+/m01/s1. The number of aliphatic hydroxyl groups excluding tert-OH is 1. The summed E-state index contributed by atoms with van der Waals surface area (Å²) in [6.07, 6.45) is 0.312. The molecule has 2 aliphatic rings. The van der Waals surface area contributed by atoms with Crippen LogP contribution in [0.15, 0.2) is 24.3 Å². The maximum Gasteiger partial charge on any atom is 0.331 e. The van der Waals surface area contributed by atoms with Gasteiger partial charge in [-0.2, -0.15) is 0 Å². The number of rotatable bonds is 10. The normalized spacial score (nSPS) is 20.1. The highest BCUT2D eigenvalue weighted by Crippen LogP contribution is 2.41. The van der Waals surface area contributed by atoms with Gasteiger partial charge in [-0.3, -0.25) is 29.8 Å². The molecular formula is C41H64N4O11Si2. The molecule has 2 aromatic rings. The Kier molecular flexibility index (Phi) is 15.1. The summed E-state index contributed by atoms with van der Waals surface area (Å²) < 4.78 is 17.9. The van der Waals surface area contributed by atoms with Crippen LogP contribution in [0.1, 0.15) is 97.4 Å². The van der Waals surface area contributed by atoms with E-state index in [1.807, 2.05) is 6.92 Å². The number of methoxy groups -OCH3 is 1. The predicted octanol–water partition coefficient (Wildman–Crippen LogP) is 7.80. The second kappa shape index (κ2) is 18.1. The van der Waals surface area contributed by atoms with Crippen molar-refractivity contribution in [1.29, 1.82) is 0 Å². The van der Waals surface area contributed by atoms with E-state index >= 15 is 0 Å². The molecule has 58 heavy (non-hydrogen) atoms. The van der Waals surface area contributed by atoms with Crippen molar-refractivity contribution in [2.75, 3.05) is 26.8 Å². The van der Waals surface area contributed by atoms with Crippen molar-refractivity contribution in [2.24, 2.45) is 0 Å². The highest BCUT2D eigenvalue weighted by atomic mass is 28.4. The minimum absolute atomic E-state index is 0.0112. The first-order chi connectivity index (χ1) is 26.5. The zero-order valence-corrected chi connectivity index (χ0v) is 39.0. The molecular weight excluding hydrogens is 781 g/mol. The van der Waals surface area contributed by atoms with Gasteiger partial charge >= 0.3 is 5.97 Å². The summed E-state index contributed by atoms with van der Waals surface area (Å²) in [5.41, 5.74) is 2.67. The third-order valence-corrected chi connectivity index (χ3v) is 21.6. The van der Waals surface area contributed by atoms with Gasteiger partial charge in [0.25, 0.3) is 23.2 Å². The number of hydrogen-bond donors (Lipinski definition) is 1. The molecule has 0 bridgehead atoms. The van der Waals surface area contributed by atoms with Gasteiger partial charge in [-0.1, -0.05) is 41.5 Å². The van der Waals surface area contributed by atoms with Crippen LogP contribution in [-0.2, 0) is 18.4 Å². The van der Waals surface area contributed by atoms with E-state index in [1.54, 1.807) is 26.8 Å². The van der Waals surface area contributed by atoms with Crippen LogP contribution in [-0.4, -0.2) is 110 Å². The Balaban J connectivity index is 0.000000311. The highest BCUT2D eigenvalue weighted by Gasteiger charge is 2.49. The number of nitro groups is 2. The van der Waals surface area contributed by atoms with E-state index in [9.17, 15) is 39.7 Å². The van der Waals surface area contributed by atoms with Crippen molar-refractivity contribution in [2.45, 2.75) is 143 Å². The Hall–Kier alpha value is -4.04. The van der Waals surface area contributed by atoms with Crippen LogP contribution in [0.3, 0.4) is 0 Å². The number of aryl methyl sites for hydroxylation is 4. The molecule has 322 valence electrons. The maximum atomic E-state index is 13.3. The minimum Gasteiger partial charge on any atom is -0.467 e. The lowest BCUT2D eigenvalue weighted by Crippen LogP contribution is -2.51. The molecule has 2 heterocycles. The molecule has 17 heteroatoms. The highest BCUT2D eigenvalue weighted by molar-refractivity contribution is 6.74. The monoisotopic (exact) mass is 844 g/mol. The Morgan fingerprint density at radius 1 is 0.707 bits per heavy atom. The molecule has 4 rings (SSSR count). The van der Waals surface area contributed by atoms with Crippen LogP contribution in [0, 0.1) is 47.9 Å². The number of amides is 2. The fourth-order valence-corrected chi connectivity index (χ4v) is 9.35. The van der Waals surface area contributed by atoms with Gasteiger partial charge in [-0.15, -0.1) is 0 Å². The number of hydrogen-bond acceptors (Lipinski definition) is 11. The number of ether oxygens (including phenoxy) is 1. The quantitative estimate of drug-likeness (QED) is 0.106. The fraction of sp³-hybridized carbons (Fsp3) is 0.634. The van der Waals surface area contributed by atoms with Crippen LogP contribution in [0.25, 0.3) is 0 Å². The molecule has 0 radical (unpaired) electrons. The summed E-state index contributed by atoms with van der Waals surface area (Å²) in [5.74, 6) is -1.55. The van der Waals surface area contributed by atoms with Crippen LogP contribution >= 0.6 is 0 Å². The predicted molar refractivity (Wildman–Crippen MR) is 227 cm³/mol. The summed E-state index contributed by atoms with van der Waals surface area (Å²) in [7, 11) is -3.02. The zero-order valence-electron chi connectivity index (χ0n) is 37.0. The van der Waals surface area contributed by atoms with Crippen molar-refractivity contribution < 1.29 is 42.9 Å². The van der Waals surface area contributed by atoms with Crippen LogP contribution < -0.4 is 0 Å². The summed E-state index contributed by atoms with van der Waals surface area (Å²) in [6, 6.07) is 4.50. The van der Waals surface area contributed by atoms with Gasteiger partial charge in [-0.25, -0.2) is 4.79 Å². The molecule has 0 unspecified atom stereocenters. The van der Waals surface area contributed by atoms with Gasteiger partial charge < -0.3 is 28.5 Å². The fourth-order valence-electron chi connectivity index (χ4n) is 6.61. The van der Waals surface area contributed by atoms with E-state index in [0.29, 0.717) is 19.4 Å². The Morgan fingerprint density at radius 2 is 1.07 bits per heavy atom. The third-order valence-electron chi connectivity index (χ3n) is 12.6. The van der Waals surface area contributed by atoms with Gasteiger partial charge in [0.05, 0.1) is 41.8 Å². The van der Waals surface area contributed by atoms with Crippen molar-refractivity contribution in [3.8, 4) is 0 Å². The van der Waals surface area contributed by atoms with Crippen LogP contribution in [0.4, 0.5) is 11.4 Å². The number of nitrogens with zero attached hydrogens (tertiary/aromatic N) is 4. The van der Waals surface area contributed by atoms with Crippen molar-refractivity contribution in [3.63, 3.8) is 0 Å². The summed E-state index contributed by atoms with van der Waals surface area (Å²) >= 11 is 0. The number of benzene rings is 2. The largest absolute Gasteiger partial charge is 0.467 e. The SMILES string of the molecule is COC(=O)[C@@H]1[C@@H](O[Si](C)(C)C(C)(C)C)CCN1C(=O)c1cc(C)c(C)cc1[N+](=O)[O-].Cc1cc(C(=O)N2CC[C@H](O[Si](C)(C)C(C)(C)C)[C@H]2CO)c([N+](=O)[O-])cc1C. The lowest BCUT2D eigenvalue weighted by molar-refractivity contribution is -0.385. The molecule has 2 aromatic carbocycles. The molecule has 0 spiro atoms. The second-order valence-corrected chi connectivity index (χ2v) is 28.1. The van der Waals surface area contributed by atoms with E-state index in [0.717, 1.165) is 22.3 Å². The van der Waals surface area contributed by atoms with Gasteiger partial charge in [-0.05, 0) is 111 Å². The lowest BCUT2D eigenvalue weighted by atomic mass is 10.0. The molecule has 2 aliphatic heterocycles. The van der Waals surface area contributed by atoms with Crippen LogP contribution in [0.5, 0.6) is 0 Å². The van der Waals surface area contributed by atoms with Crippen molar-refractivity contribution in [3.05, 3.63) is 77.9 Å². The smallest absolute Gasteiger partial charge is 0.331 e. The van der Waals surface area contributed by atoms with E-state index in [-0.39, 0.29) is 51.8 Å². The van der Waals surface area contributed by atoms with Gasteiger partial charge in [0.15, 0.2) is 22.7 Å². The summed E-state index contributed by atoms with van der Waals surface area (Å²) in [4.78, 5) is 64.0. The first-order valence-corrected chi connectivity index (χ1v) is 25.5. The Labute approximate surface area is 345 Å². The van der Waals surface area contributed by atoms with E-state index in [4.69, 9.17) is 13.6 Å². The molecule has 4 atom stereocenters. The molecule has 0 aliphatic carbocycles. The summed E-state index contributed by atoms with van der Waals surface area (Å²) in [5, 5.41) is 33.0. The maximum absolute atomic E-state index is 13.3. The number of aliphatic hydroxyl groups is 1. The van der Waals surface area contributed by atoms with Gasteiger partial charge in [0.1, 0.15) is 11.1 Å². The molecule has 15 nitrogen and oxygen atoms in total. The number of carbonyl (C=O) groups is 3. The Morgan fingerprint density at radius 3 is 1.45 bits per heavy atom. The van der Waals surface area contributed by atoms with E-state index in [2.05, 4.69) is 67.7 Å². The molecule has 2 fully saturated rings. The average molecular weight is 845 g/mol. The number of esters is 1. The average Bonchev–Trinajstić information content (AvgIpc) is 3.71. The summed E-state index contributed by atoms with van der Waals surface area (Å²) in [6.45, 7) is 28.8. The topological polar surface area (TPSA) is 192 Å². The van der Waals surface area contributed by atoms with Crippen molar-refractivity contribution in [1.82, 2.24) is 9.80 Å². The van der Waals surface area contributed by atoms with Crippen molar-refractivity contribution >= 4 is 45.8 Å². The van der Waals surface area contributed by atoms with Gasteiger partial charge in [0.2, 0.25) is 0 Å². The molecule has 0 saturated carbocycles. The second-order valence-electron chi connectivity index (χ2n) is 18.5. The molecule has 2 saturated heterocycles.